The van der Waals surface area contributed by atoms with Crippen LogP contribution < -0.4 is 0 Å². The molecule has 0 aromatic carbocycles. The smallest absolute Gasteiger partial charge is 0.322 e. The normalized spacial score (nSPS) is 28.4. The maximum absolute atomic E-state index is 11.5. The Morgan fingerprint density at radius 1 is 1.62 bits per heavy atom. The molecule has 5 nitrogen and oxygen atoms in total. The van der Waals surface area contributed by atoms with E-state index in [-0.39, 0.29) is 24.2 Å². The molecule has 0 saturated carbocycles. The molecule has 0 amide bonds. The molecule has 1 aliphatic heterocycles. The molecular formula is C11H22N2O3. The van der Waals surface area contributed by atoms with Gasteiger partial charge in [0.15, 0.2) is 0 Å². The molecule has 1 N–H and O–H groups in total. The average molecular weight is 230 g/mol. The number of hydrogen-bond acceptors (Lipinski definition) is 5. The quantitative estimate of drug-likeness (QED) is 0.663. The highest BCUT2D eigenvalue weighted by molar-refractivity contribution is 5.75. The molecular weight excluding hydrogens is 208 g/mol. The number of carbonyl (C=O) groups is 1. The molecule has 0 spiro atoms. The van der Waals surface area contributed by atoms with Crippen molar-refractivity contribution in [1.29, 1.82) is 0 Å². The summed E-state index contributed by atoms with van der Waals surface area (Å²) in [6, 6.07) is -0.0637. The van der Waals surface area contributed by atoms with E-state index in [2.05, 4.69) is 4.90 Å². The summed E-state index contributed by atoms with van der Waals surface area (Å²) in [5.74, 6) is -0.238. The van der Waals surface area contributed by atoms with Crippen LogP contribution >= 0.6 is 0 Å². The van der Waals surface area contributed by atoms with Crippen molar-refractivity contribution in [2.45, 2.75) is 31.5 Å². The van der Waals surface area contributed by atoms with Gasteiger partial charge in [0.25, 0.3) is 0 Å². The fraction of sp³-hybridized carbons (Fsp3) is 0.909. The topological polar surface area (TPSA) is 53.0 Å². The SMILES string of the molecule is COC(=O)C(C)N1CC(O)CC1CN(C)C. The van der Waals surface area contributed by atoms with Crippen LogP contribution in [0.2, 0.25) is 0 Å². The lowest BCUT2D eigenvalue weighted by Gasteiger charge is -2.30. The zero-order valence-corrected chi connectivity index (χ0v) is 10.5. The van der Waals surface area contributed by atoms with E-state index in [9.17, 15) is 9.90 Å². The molecule has 1 heterocycles. The number of carbonyl (C=O) groups excluding carboxylic acids is 1. The van der Waals surface area contributed by atoms with Crippen molar-refractivity contribution in [3.05, 3.63) is 0 Å². The van der Waals surface area contributed by atoms with Crippen LogP contribution in [0.3, 0.4) is 0 Å². The summed E-state index contributed by atoms with van der Waals surface area (Å²) in [4.78, 5) is 15.6. The summed E-state index contributed by atoms with van der Waals surface area (Å²) in [5, 5.41) is 9.67. The molecule has 16 heavy (non-hydrogen) atoms. The van der Waals surface area contributed by atoms with E-state index in [0.29, 0.717) is 6.54 Å². The van der Waals surface area contributed by atoms with Gasteiger partial charge in [-0.25, -0.2) is 0 Å². The van der Waals surface area contributed by atoms with Crippen LogP contribution in [0, 0.1) is 0 Å². The van der Waals surface area contributed by atoms with Gasteiger partial charge in [0.1, 0.15) is 6.04 Å². The van der Waals surface area contributed by atoms with Crippen LogP contribution in [0.5, 0.6) is 0 Å². The standard InChI is InChI=1S/C11H22N2O3/c1-8(11(15)16-4)13-7-10(14)5-9(13)6-12(2)3/h8-10,14H,5-7H2,1-4H3. The third-order valence-electron chi connectivity index (χ3n) is 3.05. The number of likely N-dealkylation sites (N-methyl/N-ethyl adjacent to an activating group) is 1. The van der Waals surface area contributed by atoms with Crippen molar-refractivity contribution >= 4 is 5.97 Å². The lowest BCUT2D eigenvalue weighted by Crippen LogP contribution is -2.46. The summed E-state index contributed by atoms with van der Waals surface area (Å²) in [6.45, 7) is 3.22. The third kappa shape index (κ3) is 3.17. The number of likely N-dealkylation sites (tertiary alicyclic amines) is 1. The second-order valence-electron chi connectivity index (χ2n) is 4.70. The molecule has 3 unspecified atom stereocenters. The molecule has 0 bridgehead atoms. The molecule has 1 saturated heterocycles. The van der Waals surface area contributed by atoms with Gasteiger partial charge in [-0.2, -0.15) is 0 Å². The minimum Gasteiger partial charge on any atom is -0.468 e. The number of aliphatic hydroxyl groups is 1. The Balaban J connectivity index is 2.65. The molecule has 3 atom stereocenters. The molecule has 94 valence electrons. The van der Waals surface area contributed by atoms with Crippen molar-refractivity contribution < 1.29 is 14.6 Å². The molecule has 0 radical (unpaired) electrons. The molecule has 1 aliphatic rings. The largest absolute Gasteiger partial charge is 0.468 e. The van der Waals surface area contributed by atoms with E-state index in [4.69, 9.17) is 4.74 Å². The predicted octanol–water partition coefficient (Wildman–Crippen LogP) is -0.455. The van der Waals surface area contributed by atoms with E-state index in [1.807, 2.05) is 25.9 Å². The number of rotatable bonds is 4. The van der Waals surface area contributed by atoms with E-state index < -0.39 is 0 Å². The zero-order valence-electron chi connectivity index (χ0n) is 10.5. The number of methoxy groups -OCH3 is 1. The Bertz CT molecular complexity index is 245. The first-order chi connectivity index (χ1) is 7.45. The van der Waals surface area contributed by atoms with Gasteiger partial charge in [0.2, 0.25) is 0 Å². The molecule has 1 fully saturated rings. The Kier molecular flexibility index (Phi) is 4.70. The summed E-state index contributed by atoms with van der Waals surface area (Å²) < 4.78 is 4.74. The van der Waals surface area contributed by atoms with Crippen LogP contribution in [0.4, 0.5) is 0 Å². The Morgan fingerprint density at radius 3 is 2.75 bits per heavy atom. The fourth-order valence-electron chi connectivity index (χ4n) is 2.30. The van der Waals surface area contributed by atoms with Crippen LogP contribution in [0.1, 0.15) is 13.3 Å². The number of aliphatic hydroxyl groups excluding tert-OH is 1. The monoisotopic (exact) mass is 230 g/mol. The first-order valence-corrected chi connectivity index (χ1v) is 5.62. The number of esters is 1. The van der Waals surface area contributed by atoms with Gasteiger partial charge < -0.3 is 14.7 Å². The molecule has 0 aromatic heterocycles. The third-order valence-corrected chi connectivity index (χ3v) is 3.05. The minimum absolute atomic E-state index is 0.221. The Hall–Kier alpha value is -0.650. The van der Waals surface area contributed by atoms with Crippen LogP contribution in [0.15, 0.2) is 0 Å². The van der Waals surface area contributed by atoms with Gasteiger partial charge in [0.05, 0.1) is 13.2 Å². The van der Waals surface area contributed by atoms with E-state index in [0.717, 1.165) is 13.0 Å². The zero-order chi connectivity index (χ0) is 12.3. The van der Waals surface area contributed by atoms with E-state index in [1.54, 1.807) is 0 Å². The summed E-state index contributed by atoms with van der Waals surface area (Å²) >= 11 is 0. The van der Waals surface area contributed by atoms with Gasteiger partial charge in [-0.15, -0.1) is 0 Å². The Morgan fingerprint density at radius 2 is 2.25 bits per heavy atom. The van der Waals surface area contributed by atoms with Crippen molar-refractivity contribution in [3.8, 4) is 0 Å². The van der Waals surface area contributed by atoms with Gasteiger partial charge >= 0.3 is 5.97 Å². The second kappa shape index (κ2) is 5.61. The van der Waals surface area contributed by atoms with Crippen molar-refractivity contribution in [2.24, 2.45) is 0 Å². The number of hydrogen-bond donors (Lipinski definition) is 1. The van der Waals surface area contributed by atoms with Gasteiger partial charge in [-0.05, 0) is 27.4 Å². The maximum atomic E-state index is 11.5. The number of ether oxygens (including phenoxy) is 1. The number of β-amino-alcohol motifs (C(OH)–C–C–N with tert-alkyl or cyclic N) is 1. The second-order valence-corrected chi connectivity index (χ2v) is 4.70. The fourth-order valence-corrected chi connectivity index (χ4v) is 2.30. The highest BCUT2D eigenvalue weighted by atomic mass is 16.5. The van der Waals surface area contributed by atoms with E-state index in [1.165, 1.54) is 7.11 Å². The maximum Gasteiger partial charge on any atom is 0.322 e. The van der Waals surface area contributed by atoms with Crippen molar-refractivity contribution in [3.63, 3.8) is 0 Å². The Labute approximate surface area is 97.0 Å². The highest BCUT2D eigenvalue weighted by Crippen LogP contribution is 2.21. The van der Waals surface area contributed by atoms with Crippen LogP contribution in [0.25, 0.3) is 0 Å². The van der Waals surface area contributed by atoms with Crippen LogP contribution in [-0.4, -0.2) is 73.4 Å². The summed E-state index contributed by atoms with van der Waals surface area (Å²) in [7, 11) is 5.38. The number of nitrogens with zero attached hydrogens (tertiary/aromatic N) is 2. The molecule has 0 aromatic rings. The van der Waals surface area contributed by atoms with Gasteiger partial charge in [0, 0.05) is 19.1 Å². The van der Waals surface area contributed by atoms with Crippen LogP contribution in [-0.2, 0) is 9.53 Å². The first kappa shape index (κ1) is 13.4. The molecule has 1 rings (SSSR count). The summed E-state index contributed by atoms with van der Waals surface area (Å²) in [5.41, 5.74) is 0. The summed E-state index contributed by atoms with van der Waals surface area (Å²) in [6.07, 6.45) is 0.386. The lowest BCUT2D eigenvalue weighted by atomic mass is 10.1. The van der Waals surface area contributed by atoms with Crippen molar-refractivity contribution in [1.82, 2.24) is 9.80 Å². The predicted molar refractivity (Wildman–Crippen MR) is 61.1 cm³/mol. The average Bonchev–Trinajstić information content (AvgIpc) is 2.56. The van der Waals surface area contributed by atoms with Gasteiger partial charge in [-0.3, -0.25) is 9.69 Å². The van der Waals surface area contributed by atoms with Gasteiger partial charge in [-0.1, -0.05) is 0 Å². The van der Waals surface area contributed by atoms with E-state index >= 15 is 0 Å². The molecule has 5 heteroatoms. The highest BCUT2D eigenvalue weighted by Gasteiger charge is 2.36. The molecule has 0 aliphatic carbocycles. The first-order valence-electron chi connectivity index (χ1n) is 5.62. The van der Waals surface area contributed by atoms with Crippen molar-refractivity contribution in [2.75, 3.05) is 34.3 Å². The lowest BCUT2D eigenvalue weighted by molar-refractivity contribution is -0.146. The minimum atomic E-state index is -0.336.